The first-order valence-corrected chi connectivity index (χ1v) is 7.22. The van der Waals surface area contributed by atoms with Gasteiger partial charge in [0, 0.05) is 36.2 Å². The molecule has 1 saturated heterocycles. The second kappa shape index (κ2) is 6.12. The summed E-state index contributed by atoms with van der Waals surface area (Å²) in [5.74, 6) is 1.90. The van der Waals surface area contributed by atoms with E-state index in [9.17, 15) is 0 Å². The molecule has 3 heteroatoms. The summed E-state index contributed by atoms with van der Waals surface area (Å²) in [5, 5.41) is 0.753. The molecule has 2 nitrogen and oxygen atoms in total. The zero-order valence-electron chi connectivity index (χ0n) is 10.6. The Morgan fingerprint density at radius 1 is 1.47 bits per heavy atom. The minimum Gasteiger partial charge on any atom is -0.326 e. The molecule has 1 aliphatic heterocycles. The van der Waals surface area contributed by atoms with Crippen molar-refractivity contribution in [1.29, 1.82) is 0 Å². The van der Waals surface area contributed by atoms with Crippen LogP contribution in [0.1, 0.15) is 34.1 Å². The minimum absolute atomic E-state index is 0.341. The summed E-state index contributed by atoms with van der Waals surface area (Å²) in [6, 6.07) is 1.02. The van der Waals surface area contributed by atoms with Gasteiger partial charge in [0.25, 0.3) is 0 Å². The average Bonchev–Trinajstić information content (AvgIpc) is 2.23. The summed E-state index contributed by atoms with van der Waals surface area (Å²) < 4.78 is 0. The SMILES string of the molecule is CCC(C)C(N)CN1CCSC(C)C1C. The largest absolute Gasteiger partial charge is 0.326 e. The fourth-order valence-corrected chi connectivity index (χ4v) is 3.17. The Kier molecular flexibility index (Phi) is 5.44. The monoisotopic (exact) mass is 230 g/mol. The van der Waals surface area contributed by atoms with Gasteiger partial charge < -0.3 is 5.73 Å². The molecular formula is C12H26N2S. The molecule has 0 aromatic rings. The van der Waals surface area contributed by atoms with Gasteiger partial charge in [-0.1, -0.05) is 27.2 Å². The van der Waals surface area contributed by atoms with Crippen LogP contribution in [0.15, 0.2) is 0 Å². The molecule has 0 saturated carbocycles. The number of rotatable bonds is 4. The van der Waals surface area contributed by atoms with E-state index < -0.39 is 0 Å². The zero-order chi connectivity index (χ0) is 11.4. The molecule has 0 aromatic heterocycles. The third-order valence-electron chi connectivity index (χ3n) is 3.83. The highest BCUT2D eigenvalue weighted by Gasteiger charge is 2.27. The highest BCUT2D eigenvalue weighted by atomic mass is 32.2. The highest BCUT2D eigenvalue weighted by Crippen LogP contribution is 2.24. The fraction of sp³-hybridized carbons (Fsp3) is 1.00. The summed E-state index contributed by atoms with van der Waals surface area (Å²) in [6.07, 6.45) is 1.19. The van der Waals surface area contributed by atoms with Crippen molar-refractivity contribution >= 4 is 11.8 Å². The van der Waals surface area contributed by atoms with Gasteiger partial charge in [0.1, 0.15) is 0 Å². The lowest BCUT2D eigenvalue weighted by Crippen LogP contribution is -2.50. The predicted octanol–water partition coefficient (Wildman–Crippen LogP) is 2.19. The maximum absolute atomic E-state index is 6.22. The highest BCUT2D eigenvalue weighted by molar-refractivity contribution is 8.00. The van der Waals surface area contributed by atoms with Gasteiger partial charge in [-0.25, -0.2) is 0 Å². The minimum atomic E-state index is 0.341. The van der Waals surface area contributed by atoms with E-state index in [-0.39, 0.29) is 0 Å². The lowest BCUT2D eigenvalue weighted by Gasteiger charge is -2.39. The molecule has 1 heterocycles. The first-order valence-electron chi connectivity index (χ1n) is 6.17. The van der Waals surface area contributed by atoms with Crippen LogP contribution in [0, 0.1) is 5.92 Å². The third kappa shape index (κ3) is 3.65. The Hall–Kier alpha value is 0.270. The van der Waals surface area contributed by atoms with Gasteiger partial charge in [-0.2, -0.15) is 11.8 Å². The van der Waals surface area contributed by atoms with Crippen LogP contribution in [0.3, 0.4) is 0 Å². The molecule has 0 aromatic carbocycles. The average molecular weight is 230 g/mol. The van der Waals surface area contributed by atoms with E-state index in [0.29, 0.717) is 18.0 Å². The molecule has 0 bridgehead atoms. The van der Waals surface area contributed by atoms with Crippen LogP contribution >= 0.6 is 11.8 Å². The van der Waals surface area contributed by atoms with E-state index in [2.05, 4.69) is 44.4 Å². The van der Waals surface area contributed by atoms with Crippen molar-refractivity contribution in [2.24, 2.45) is 11.7 Å². The Bertz CT molecular complexity index is 186. The second-order valence-electron chi connectivity index (χ2n) is 4.86. The molecule has 2 N–H and O–H groups in total. The van der Waals surface area contributed by atoms with Gasteiger partial charge in [-0.15, -0.1) is 0 Å². The van der Waals surface area contributed by atoms with Crippen molar-refractivity contribution in [1.82, 2.24) is 4.90 Å². The zero-order valence-corrected chi connectivity index (χ0v) is 11.4. The van der Waals surface area contributed by atoms with Crippen LogP contribution < -0.4 is 5.73 Å². The molecule has 4 atom stereocenters. The van der Waals surface area contributed by atoms with E-state index in [1.165, 1.54) is 18.7 Å². The van der Waals surface area contributed by atoms with Gasteiger partial charge >= 0.3 is 0 Å². The maximum Gasteiger partial charge on any atom is 0.0193 e. The molecule has 1 fully saturated rings. The molecule has 1 aliphatic rings. The summed E-state index contributed by atoms with van der Waals surface area (Å²) in [4.78, 5) is 2.57. The van der Waals surface area contributed by atoms with E-state index in [1.807, 2.05) is 0 Å². The van der Waals surface area contributed by atoms with Crippen LogP contribution in [0.25, 0.3) is 0 Å². The lowest BCUT2D eigenvalue weighted by molar-refractivity contribution is 0.184. The molecular weight excluding hydrogens is 204 g/mol. The van der Waals surface area contributed by atoms with Gasteiger partial charge in [0.2, 0.25) is 0 Å². The van der Waals surface area contributed by atoms with Crippen molar-refractivity contribution < 1.29 is 0 Å². The van der Waals surface area contributed by atoms with Crippen LogP contribution in [0.4, 0.5) is 0 Å². The van der Waals surface area contributed by atoms with Crippen molar-refractivity contribution in [3.05, 3.63) is 0 Å². The predicted molar refractivity (Wildman–Crippen MR) is 70.4 cm³/mol. The van der Waals surface area contributed by atoms with E-state index in [1.54, 1.807) is 0 Å². The third-order valence-corrected chi connectivity index (χ3v) is 5.17. The molecule has 1 rings (SSSR count). The Balaban J connectivity index is 2.42. The normalized spacial score (nSPS) is 32.6. The van der Waals surface area contributed by atoms with E-state index in [0.717, 1.165) is 11.8 Å². The molecule has 0 aliphatic carbocycles. The Morgan fingerprint density at radius 3 is 2.73 bits per heavy atom. The van der Waals surface area contributed by atoms with Gasteiger partial charge in [0.15, 0.2) is 0 Å². The Morgan fingerprint density at radius 2 is 2.13 bits per heavy atom. The van der Waals surface area contributed by atoms with Crippen molar-refractivity contribution in [2.75, 3.05) is 18.8 Å². The number of hydrogen-bond donors (Lipinski definition) is 1. The van der Waals surface area contributed by atoms with Gasteiger partial charge in [-0.3, -0.25) is 4.90 Å². The van der Waals surface area contributed by atoms with Crippen LogP contribution in [-0.4, -0.2) is 41.1 Å². The fourth-order valence-electron chi connectivity index (χ4n) is 2.01. The topological polar surface area (TPSA) is 29.3 Å². The van der Waals surface area contributed by atoms with E-state index >= 15 is 0 Å². The van der Waals surface area contributed by atoms with Crippen LogP contribution in [0.2, 0.25) is 0 Å². The number of hydrogen-bond acceptors (Lipinski definition) is 3. The summed E-state index contributed by atoms with van der Waals surface area (Å²) in [6.45, 7) is 11.4. The smallest absolute Gasteiger partial charge is 0.0193 e. The standard InChI is InChI=1S/C12H26N2S/c1-5-9(2)12(13)8-14-6-7-15-11(4)10(14)3/h9-12H,5-8,13H2,1-4H3. The quantitative estimate of drug-likeness (QED) is 0.803. The van der Waals surface area contributed by atoms with Gasteiger partial charge in [-0.05, 0) is 12.8 Å². The maximum atomic E-state index is 6.22. The molecule has 4 unspecified atom stereocenters. The van der Waals surface area contributed by atoms with Gasteiger partial charge in [0.05, 0.1) is 0 Å². The lowest BCUT2D eigenvalue weighted by atomic mass is 9.99. The summed E-state index contributed by atoms with van der Waals surface area (Å²) in [7, 11) is 0. The molecule has 90 valence electrons. The van der Waals surface area contributed by atoms with Crippen molar-refractivity contribution in [3.8, 4) is 0 Å². The van der Waals surface area contributed by atoms with Crippen molar-refractivity contribution in [3.63, 3.8) is 0 Å². The first-order chi connectivity index (χ1) is 7.06. The number of nitrogens with zero attached hydrogens (tertiary/aromatic N) is 1. The van der Waals surface area contributed by atoms with Crippen molar-refractivity contribution in [2.45, 2.75) is 51.4 Å². The summed E-state index contributed by atoms with van der Waals surface area (Å²) >= 11 is 2.09. The molecule has 0 spiro atoms. The molecule has 0 radical (unpaired) electrons. The molecule has 15 heavy (non-hydrogen) atoms. The van der Waals surface area contributed by atoms with Crippen LogP contribution in [-0.2, 0) is 0 Å². The summed E-state index contributed by atoms with van der Waals surface area (Å²) in [5.41, 5.74) is 6.22. The van der Waals surface area contributed by atoms with Crippen LogP contribution in [0.5, 0.6) is 0 Å². The van der Waals surface area contributed by atoms with E-state index in [4.69, 9.17) is 5.73 Å². The first kappa shape index (κ1) is 13.3. The number of nitrogens with two attached hydrogens (primary N) is 1. The second-order valence-corrected chi connectivity index (χ2v) is 6.35. The number of thioether (sulfide) groups is 1. The molecule has 0 amide bonds. The Labute approximate surface area is 99.0 Å².